The maximum atomic E-state index is 5.15. The Morgan fingerprint density at radius 2 is 2.19 bits per heavy atom. The van der Waals surface area contributed by atoms with Gasteiger partial charge in [-0.1, -0.05) is 12.2 Å². The van der Waals surface area contributed by atoms with Gasteiger partial charge < -0.3 is 4.98 Å². The van der Waals surface area contributed by atoms with Crippen molar-refractivity contribution in [3.05, 3.63) is 35.0 Å². The smallest absolute Gasteiger partial charge is 0.159 e. The molecule has 2 heterocycles. The predicted octanol–water partition coefficient (Wildman–Crippen LogP) is 2.47. The highest BCUT2D eigenvalue weighted by Gasteiger charge is 2.24. The Kier molecular flexibility index (Phi) is 2.25. The van der Waals surface area contributed by atoms with E-state index in [9.17, 15) is 0 Å². The van der Waals surface area contributed by atoms with Gasteiger partial charge in [0.15, 0.2) is 5.82 Å². The Morgan fingerprint density at radius 3 is 2.88 bits per heavy atom. The van der Waals surface area contributed by atoms with E-state index >= 15 is 0 Å². The fraction of sp³-hybridized carbons (Fsp3) is 0.273. The summed E-state index contributed by atoms with van der Waals surface area (Å²) in [7, 11) is 0. The van der Waals surface area contributed by atoms with Gasteiger partial charge in [-0.2, -0.15) is 0 Å². The molecule has 0 radical (unpaired) electrons. The minimum atomic E-state index is 0.612. The molecular weight excluding hydrogens is 220 g/mol. The summed E-state index contributed by atoms with van der Waals surface area (Å²) in [6, 6.07) is 1.94. The van der Waals surface area contributed by atoms with Gasteiger partial charge in [-0.25, -0.2) is 9.97 Å². The molecule has 4 nitrogen and oxygen atoms in total. The van der Waals surface area contributed by atoms with Crippen molar-refractivity contribution in [2.45, 2.75) is 18.8 Å². The van der Waals surface area contributed by atoms with Crippen LogP contribution in [0.5, 0.6) is 0 Å². The first-order valence-electron chi connectivity index (χ1n) is 5.20. The summed E-state index contributed by atoms with van der Waals surface area (Å²) in [5.41, 5.74) is 1.90. The SMILES string of the molecule is S=c1cc(C2CC2)[nH]c(-c2cnccn2)n1. The molecule has 0 bridgehead atoms. The van der Waals surface area contributed by atoms with Crippen molar-refractivity contribution in [1.82, 2.24) is 19.9 Å². The van der Waals surface area contributed by atoms with Gasteiger partial charge >= 0.3 is 0 Å². The molecular formula is C11H10N4S. The zero-order chi connectivity index (χ0) is 11.0. The van der Waals surface area contributed by atoms with Gasteiger partial charge in [0.2, 0.25) is 0 Å². The highest BCUT2D eigenvalue weighted by atomic mass is 32.1. The minimum Gasteiger partial charge on any atom is -0.342 e. The molecule has 16 heavy (non-hydrogen) atoms. The molecule has 0 atom stereocenters. The zero-order valence-electron chi connectivity index (χ0n) is 8.55. The van der Waals surface area contributed by atoms with E-state index < -0.39 is 0 Å². The lowest BCUT2D eigenvalue weighted by Crippen LogP contribution is -1.96. The van der Waals surface area contributed by atoms with E-state index in [1.165, 1.54) is 18.5 Å². The van der Waals surface area contributed by atoms with Crippen molar-refractivity contribution in [2.75, 3.05) is 0 Å². The number of aromatic nitrogens is 4. The predicted molar refractivity (Wildman–Crippen MR) is 62.4 cm³/mol. The van der Waals surface area contributed by atoms with E-state index in [1.54, 1.807) is 18.6 Å². The second kappa shape index (κ2) is 3.75. The zero-order valence-corrected chi connectivity index (χ0v) is 9.37. The molecule has 0 aliphatic heterocycles. The lowest BCUT2D eigenvalue weighted by molar-refractivity contribution is 0.978. The summed E-state index contributed by atoms with van der Waals surface area (Å²) >= 11 is 5.15. The first kappa shape index (κ1) is 9.59. The van der Waals surface area contributed by atoms with Gasteiger partial charge in [0.25, 0.3) is 0 Å². The Morgan fingerprint density at radius 1 is 1.31 bits per heavy atom. The molecule has 3 rings (SSSR count). The molecule has 1 aliphatic carbocycles. The minimum absolute atomic E-state index is 0.612. The van der Waals surface area contributed by atoms with Crippen molar-refractivity contribution in [3.63, 3.8) is 0 Å². The van der Waals surface area contributed by atoms with E-state index in [1.807, 2.05) is 6.07 Å². The Bertz CT molecular complexity index is 560. The Hall–Kier alpha value is -1.62. The number of rotatable bonds is 2. The van der Waals surface area contributed by atoms with Crippen molar-refractivity contribution in [2.24, 2.45) is 0 Å². The van der Waals surface area contributed by atoms with Crippen LogP contribution in [0.15, 0.2) is 24.7 Å². The maximum Gasteiger partial charge on any atom is 0.159 e. The van der Waals surface area contributed by atoms with E-state index in [0.29, 0.717) is 16.4 Å². The van der Waals surface area contributed by atoms with Crippen molar-refractivity contribution in [1.29, 1.82) is 0 Å². The molecule has 0 amide bonds. The average molecular weight is 230 g/mol. The molecule has 2 aromatic rings. The van der Waals surface area contributed by atoms with Crippen molar-refractivity contribution >= 4 is 12.2 Å². The Labute approximate surface area is 97.8 Å². The molecule has 1 saturated carbocycles. The van der Waals surface area contributed by atoms with Crippen LogP contribution in [0.3, 0.4) is 0 Å². The summed E-state index contributed by atoms with van der Waals surface area (Å²) in [5, 5.41) is 0. The normalized spacial score (nSPS) is 15.0. The van der Waals surface area contributed by atoms with Gasteiger partial charge in [0.1, 0.15) is 10.3 Å². The van der Waals surface area contributed by atoms with Gasteiger partial charge in [0, 0.05) is 18.1 Å². The number of hydrogen-bond acceptors (Lipinski definition) is 4. The Balaban J connectivity index is 2.10. The van der Waals surface area contributed by atoms with Crippen LogP contribution in [0.4, 0.5) is 0 Å². The van der Waals surface area contributed by atoms with E-state index in [2.05, 4.69) is 19.9 Å². The summed E-state index contributed by atoms with van der Waals surface area (Å²) in [4.78, 5) is 15.8. The molecule has 0 saturated heterocycles. The second-order valence-corrected chi connectivity index (χ2v) is 4.31. The highest BCUT2D eigenvalue weighted by molar-refractivity contribution is 7.71. The molecule has 5 heteroatoms. The largest absolute Gasteiger partial charge is 0.342 e. The van der Waals surface area contributed by atoms with Crippen molar-refractivity contribution < 1.29 is 0 Å². The second-order valence-electron chi connectivity index (χ2n) is 3.89. The monoisotopic (exact) mass is 230 g/mol. The standard InChI is InChI=1S/C11H10N4S/c16-10-5-8(7-1-2-7)14-11(15-10)9-6-12-3-4-13-9/h3-7H,1-2H2,(H,14,15,16). The number of nitrogens with one attached hydrogen (secondary N) is 1. The molecule has 0 unspecified atom stereocenters. The first-order chi connectivity index (χ1) is 7.83. The number of H-pyrrole nitrogens is 1. The van der Waals surface area contributed by atoms with Gasteiger partial charge in [-0.15, -0.1) is 0 Å². The number of nitrogens with zero attached hydrogens (tertiary/aromatic N) is 3. The fourth-order valence-electron chi connectivity index (χ4n) is 1.63. The molecule has 0 aromatic carbocycles. The van der Waals surface area contributed by atoms with Crippen LogP contribution in [0.1, 0.15) is 24.5 Å². The summed E-state index contributed by atoms with van der Waals surface area (Å²) in [6.45, 7) is 0. The number of hydrogen-bond donors (Lipinski definition) is 1. The molecule has 1 aliphatic rings. The lowest BCUT2D eigenvalue weighted by Gasteiger charge is -2.03. The third-order valence-electron chi connectivity index (χ3n) is 2.59. The van der Waals surface area contributed by atoms with E-state index in [4.69, 9.17) is 12.2 Å². The van der Waals surface area contributed by atoms with Crippen LogP contribution in [0.25, 0.3) is 11.5 Å². The molecule has 1 fully saturated rings. The lowest BCUT2D eigenvalue weighted by atomic mass is 10.3. The summed E-state index contributed by atoms with van der Waals surface area (Å²) in [6.07, 6.45) is 7.44. The van der Waals surface area contributed by atoms with E-state index in [0.717, 1.165) is 5.69 Å². The van der Waals surface area contributed by atoms with Crippen LogP contribution >= 0.6 is 12.2 Å². The summed E-state index contributed by atoms with van der Waals surface area (Å²) < 4.78 is 0.612. The number of aromatic amines is 1. The van der Waals surface area contributed by atoms with Gasteiger partial charge in [0.05, 0.1) is 6.20 Å². The van der Waals surface area contributed by atoms with Gasteiger partial charge in [-0.05, 0) is 24.8 Å². The third-order valence-corrected chi connectivity index (χ3v) is 2.80. The average Bonchev–Trinajstić information content (AvgIpc) is 3.13. The fourth-order valence-corrected chi connectivity index (χ4v) is 1.85. The highest BCUT2D eigenvalue weighted by Crippen LogP contribution is 2.39. The molecule has 0 spiro atoms. The molecule has 80 valence electrons. The van der Waals surface area contributed by atoms with Crippen molar-refractivity contribution in [3.8, 4) is 11.5 Å². The maximum absolute atomic E-state index is 5.15. The summed E-state index contributed by atoms with van der Waals surface area (Å²) in [5.74, 6) is 1.34. The van der Waals surface area contributed by atoms with E-state index in [-0.39, 0.29) is 0 Å². The van der Waals surface area contributed by atoms with Crippen LogP contribution in [0, 0.1) is 4.64 Å². The van der Waals surface area contributed by atoms with Crippen LogP contribution in [-0.4, -0.2) is 19.9 Å². The topological polar surface area (TPSA) is 54.5 Å². The quantitative estimate of drug-likeness (QED) is 0.805. The van der Waals surface area contributed by atoms with Crippen LogP contribution in [0.2, 0.25) is 0 Å². The van der Waals surface area contributed by atoms with Crippen LogP contribution in [-0.2, 0) is 0 Å². The van der Waals surface area contributed by atoms with Crippen LogP contribution < -0.4 is 0 Å². The molecule has 1 N–H and O–H groups in total. The van der Waals surface area contributed by atoms with Gasteiger partial charge in [-0.3, -0.25) is 4.98 Å². The molecule has 2 aromatic heterocycles. The third kappa shape index (κ3) is 1.86. The first-order valence-corrected chi connectivity index (χ1v) is 5.61.